The third kappa shape index (κ3) is 2.34. The molecule has 90 valence electrons. The lowest BCUT2D eigenvalue weighted by Gasteiger charge is -2.28. The predicted octanol–water partition coefficient (Wildman–Crippen LogP) is 0.366. The molecule has 1 aromatic rings. The fourth-order valence-corrected chi connectivity index (χ4v) is 1.86. The first kappa shape index (κ1) is 11.7. The zero-order valence-corrected chi connectivity index (χ0v) is 9.72. The number of amides is 2. The summed E-state index contributed by atoms with van der Waals surface area (Å²) in [5.41, 5.74) is 7.36. The van der Waals surface area contributed by atoms with Gasteiger partial charge in [0.05, 0.1) is 18.3 Å². The molecule has 5 heteroatoms. The van der Waals surface area contributed by atoms with Gasteiger partial charge < -0.3 is 5.73 Å². The van der Waals surface area contributed by atoms with E-state index in [0.717, 1.165) is 11.3 Å². The number of aromatic nitrogens is 1. The summed E-state index contributed by atoms with van der Waals surface area (Å²) in [5.74, 6) is -0.465. The molecule has 1 saturated heterocycles. The smallest absolute Gasteiger partial charge is 0.246 e. The molecule has 17 heavy (non-hydrogen) atoms. The molecule has 0 bridgehead atoms. The van der Waals surface area contributed by atoms with Crippen molar-refractivity contribution in [1.82, 2.24) is 9.88 Å². The molecule has 1 aliphatic rings. The number of rotatable bonds is 2. The van der Waals surface area contributed by atoms with Gasteiger partial charge in [0, 0.05) is 12.6 Å². The molecule has 0 aliphatic carbocycles. The number of imide groups is 1. The van der Waals surface area contributed by atoms with Crippen molar-refractivity contribution in [3.8, 4) is 0 Å². The van der Waals surface area contributed by atoms with Crippen LogP contribution in [0.2, 0.25) is 0 Å². The standard InChI is InChI=1S/C12H15N3O2/c1-8-3-2-6-14-10(8)7-15-11(16)5-4-9(13)12(15)17/h2-3,6,9H,4-5,7,13H2,1H3. The largest absolute Gasteiger partial charge is 0.320 e. The fraction of sp³-hybridized carbons (Fsp3) is 0.417. The van der Waals surface area contributed by atoms with E-state index in [-0.39, 0.29) is 18.4 Å². The van der Waals surface area contributed by atoms with Gasteiger partial charge in [0.1, 0.15) is 0 Å². The van der Waals surface area contributed by atoms with E-state index in [9.17, 15) is 9.59 Å². The summed E-state index contributed by atoms with van der Waals surface area (Å²) in [6, 6.07) is 3.17. The second kappa shape index (κ2) is 4.63. The molecule has 0 saturated carbocycles. The Bertz CT molecular complexity index is 459. The Balaban J connectivity index is 2.20. The maximum absolute atomic E-state index is 11.8. The third-order valence-electron chi connectivity index (χ3n) is 2.98. The summed E-state index contributed by atoms with van der Waals surface area (Å²) in [5, 5.41) is 0. The van der Waals surface area contributed by atoms with Crippen molar-refractivity contribution in [1.29, 1.82) is 0 Å². The van der Waals surface area contributed by atoms with E-state index in [4.69, 9.17) is 5.73 Å². The molecule has 2 N–H and O–H groups in total. The topological polar surface area (TPSA) is 76.3 Å². The molecule has 2 amide bonds. The number of hydrogen-bond donors (Lipinski definition) is 1. The van der Waals surface area contributed by atoms with Gasteiger partial charge in [-0.25, -0.2) is 0 Å². The highest BCUT2D eigenvalue weighted by atomic mass is 16.2. The average Bonchev–Trinajstić information content (AvgIpc) is 2.32. The lowest BCUT2D eigenvalue weighted by molar-refractivity contribution is -0.150. The Morgan fingerprint density at radius 1 is 1.53 bits per heavy atom. The van der Waals surface area contributed by atoms with Crippen LogP contribution in [-0.2, 0) is 16.1 Å². The first-order valence-corrected chi connectivity index (χ1v) is 5.60. The van der Waals surface area contributed by atoms with Crippen LogP contribution in [0.4, 0.5) is 0 Å². The molecule has 1 aromatic heterocycles. The molecule has 1 fully saturated rings. The molecule has 2 rings (SSSR count). The monoisotopic (exact) mass is 233 g/mol. The van der Waals surface area contributed by atoms with Gasteiger partial charge in [-0.3, -0.25) is 19.5 Å². The second-order valence-electron chi connectivity index (χ2n) is 4.23. The third-order valence-corrected chi connectivity index (χ3v) is 2.98. The Kier molecular flexibility index (Phi) is 3.19. The minimum Gasteiger partial charge on any atom is -0.320 e. The van der Waals surface area contributed by atoms with Gasteiger partial charge in [-0.2, -0.15) is 0 Å². The van der Waals surface area contributed by atoms with Crippen molar-refractivity contribution in [2.45, 2.75) is 32.4 Å². The van der Waals surface area contributed by atoms with Gasteiger partial charge in [0.2, 0.25) is 11.8 Å². The maximum atomic E-state index is 11.8. The Morgan fingerprint density at radius 2 is 2.29 bits per heavy atom. The number of likely N-dealkylation sites (tertiary alicyclic amines) is 1. The molecule has 1 aliphatic heterocycles. The first-order chi connectivity index (χ1) is 8.09. The van der Waals surface area contributed by atoms with Gasteiger partial charge in [-0.05, 0) is 25.0 Å². The molecule has 5 nitrogen and oxygen atoms in total. The van der Waals surface area contributed by atoms with Crippen molar-refractivity contribution in [2.24, 2.45) is 5.73 Å². The number of aryl methyl sites for hydroxylation is 1. The van der Waals surface area contributed by atoms with Crippen LogP contribution in [0.3, 0.4) is 0 Å². The SMILES string of the molecule is Cc1cccnc1CN1C(=O)CCC(N)C1=O. The summed E-state index contributed by atoms with van der Waals surface area (Å²) in [6.07, 6.45) is 2.43. The summed E-state index contributed by atoms with van der Waals surface area (Å²) >= 11 is 0. The fourth-order valence-electron chi connectivity index (χ4n) is 1.86. The summed E-state index contributed by atoms with van der Waals surface area (Å²) in [6.45, 7) is 2.12. The van der Waals surface area contributed by atoms with Crippen LogP contribution in [0.15, 0.2) is 18.3 Å². The number of pyridine rings is 1. The maximum Gasteiger partial charge on any atom is 0.246 e. The first-order valence-electron chi connectivity index (χ1n) is 5.60. The molecule has 0 aromatic carbocycles. The number of carbonyl (C=O) groups is 2. The van der Waals surface area contributed by atoms with Crippen LogP contribution in [0.25, 0.3) is 0 Å². The van der Waals surface area contributed by atoms with Crippen LogP contribution in [-0.4, -0.2) is 27.7 Å². The molecule has 2 heterocycles. The lowest BCUT2D eigenvalue weighted by atomic mass is 10.0. The van der Waals surface area contributed by atoms with Gasteiger partial charge in [0.15, 0.2) is 0 Å². The van der Waals surface area contributed by atoms with Crippen molar-refractivity contribution >= 4 is 11.8 Å². The Morgan fingerprint density at radius 3 is 3.00 bits per heavy atom. The summed E-state index contributed by atoms with van der Waals surface area (Å²) < 4.78 is 0. The minimum atomic E-state index is -0.559. The van der Waals surface area contributed by atoms with Gasteiger partial charge >= 0.3 is 0 Å². The highest BCUT2D eigenvalue weighted by molar-refractivity contribution is 6.00. The number of carbonyl (C=O) groups excluding carboxylic acids is 2. The van der Waals surface area contributed by atoms with Gasteiger partial charge in [-0.1, -0.05) is 6.07 Å². The zero-order valence-electron chi connectivity index (χ0n) is 9.72. The van der Waals surface area contributed by atoms with E-state index < -0.39 is 6.04 Å². The predicted molar refractivity (Wildman–Crippen MR) is 61.7 cm³/mol. The number of hydrogen-bond acceptors (Lipinski definition) is 4. The van der Waals surface area contributed by atoms with E-state index >= 15 is 0 Å². The molecular formula is C12H15N3O2. The minimum absolute atomic E-state index is 0.165. The molecular weight excluding hydrogens is 218 g/mol. The highest BCUT2D eigenvalue weighted by Crippen LogP contribution is 2.15. The summed E-state index contributed by atoms with van der Waals surface area (Å²) in [4.78, 5) is 28.9. The highest BCUT2D eigenvalue weighted by Gasteiger charge is 2.32. The van der Waals surface area contributed by atoms with Crippen LogP contribution in [0, 0.1) is 6.92 Å². The van der Waals surface area contributed by atoms with E-state index in [1.54, 1.807) is 6.20 Å². The van der Waals surface area contributed by atoms with E-state index in [2.05, 4.69) is 4.98 Å². The number of piperidine rings is 1. The zero-order chi connectivity index (χ0) is 12.4. The molecule has 0 radical (unpaired) electrons. The molecule has 1 unspecified atom stereocenters. The normalized spacial score (nSPS) is 20.8. The van der Waals surface area contributed by atoms with Crippen molar-refractivity contribution in [3.63, 3.8) is 0 Å². The Labute approximate surface area is 99.6 Å². The van der Waals surface area contributed by atoms with Crippen LogP contribution >= 0.6 is 0 Å². The van der Waals surface area contributed by atoms with E-state index in [1.807, 2.05) is 19.1 Å². The van der Waals surface area contributed by atoms with Gasteiger partial charge in [0.25, 0.3) is 0 Å². The second-order valence-corrected chi connectivity index (χ2v) is 4.23. The van der Waals surface area contributed by atoms with E-state index in [0.29, 0.717) is 12.8 Å². The van der Waals surface area contributed by atoms with E-state index in [1.165, 1.54) is 4.90 Å². The number of nitrogens with two attached hydrogens (primary N) is 1. The van der Waals surface area contributed by atoms with Crippen molar-refractivity contribution in [2.75, 3.05) is 0 Å². The van der Waals surface area contributed by atoms with Crippen LogP contribution in [0.5, 0.6) is 0 Å². The van der Waals surface area contributed by atoms with Crippen molar-refractivity contribution < 1.29 is 9.59 Å². The molecule has 0 spiro atoms. The van der Waals surface area contributed by atoms with Gasteiger partial charge in [-0.15, -0.1) is 0 Å². The number of nitrogens with zero attached hydrogens (tertiary/aromatic N) is 2. The van der Waals surface area contributed by atoms with Crippen LogP contribution in [0.1, 0.15) is 24.1 Å². The van der Waals surface area contributed by atoms with Crippen LogP contribution < -0.4 is 5.73 Å². The molecule has 1 atom stereocenters. The lowest BCUT2D eigenvalue weighted by Crippen LogP contribution is -2.50. The average molecular weight is 233 g/mol. The van der Waals surface area contributed by atoms with Crippen molar-refractivity contribution in [3.05, 3.63) is 29.6 Å². The Hall–Kier alpha value is -1.75. The quantitative estimate of drug-likeness (QED) is 0.748. The summed E-state index contributed by atoms with van der Waals surface area (Å²) in [7, 11) is 0.